The molecule has 1 heterocycles. The third kappa shape index (κ3) is 21.0. The van der Waals surface area contributed by atoms with E-state index in [1.807, 2.05) is 53.8 Å². The standard InChI is InChI=1S/C26H27F3N2O.C5H11N.2C4H10.C2H6.CH4O/c1-5-23(20-8-11-24(17(3)14-20)32-26(28)29)30-13-12-22-15-16(2)18(4)25(31-22)19-6-9-21(27)10-7-19;1-6-4-5-2-3-5;2*1-3-4-2;2*1-2/h5-11,14-15,26,30H,12-13H2,1-4H3;5-6H,2-4H2,1H3;2*3-4H2,1-2H3;1-2H3;2H,1H3. The summed E-state index contributed by atoms with van der Waals surface area (Å²) < 4.78 is 42.8. The first-order chi connectivity index (χ1) is 24.0. The highest BCUT2D eigenvalue weighted by Gasteiger charge is 2.19. The first kappa shape index (κ1) is 48.8. The van der Waals surface area contributed by atoms with Crippen LogP contribution in [0.25, 0.3) is 17.0 Å². The zero-order chi connectivity index (χ0) is 38.5. The Balaban J connectivity index is 0. The summed E-state index contributed by atoms with van der Waals surface area (Å²) in [5.41, 5.74) is 7.32. The molecule has 8 heteroatoms. The van der Waals surface area contributed by atoms with E-state index in [2.05, 4.69) is 49.1 Å². The summed E-state index contributed by atoms with van der Waals surface area (Å²) in [5, 5.41) is 13.5. The van der Waals surface area contributed by atoms with Crippen molar-refractivity contribution in [2.45, 2.75) is 121 Å². The molecule has 1 aromatic heterocycles. The molecule has 1 saturated carbocycles. The average molecular weight is 704 g/mol. The Labute approximate surface area is 303 Å². The van der Waals surface area contributed by atoms with Crippen LogP contribution < -0.4 is 15.4 Å². The number of nitrogens with zero attached hydrogens (tertiary/aromatic N) is 1. The number of aromatic nitrogens is 1. The van der Waals surface area contributed by atoms with E-state index in [1.165, 1.54) is 57.2 Å². The Morgan fingerprint density at radius 2 is 1.46 bits per heavy atom. The molecule has 5 nitrogen and oxygen atoms in total. The molecule has 1 fully saturated rings. The monoisotopic (exact) mass is 704 g/mol. The van der Waals surface area contributed by atoms with Crippen molar-refractivity contribution in [3.63, 3.8) is 0 Å². The van der Waals surface area contributed by atoms with Crippen molar-refractivity contribution in [3.05, 3.63) is 88.4 Å². The van der Waals surface area contributed by atoms with E-state index in [0.29, 0.717) is 18.5 Å². The molecule has 50 heavy (non-hydrogen) atoms. The molecule has 0 saturated heterocycles. The van der Waals surface area contributed by atoms with Crippen LogP contribution in [-0.4, -0.2) is 43.9 Å². The maximum atomic E-state index is 13.3. The van der Waals surface area contributed by atoms with Crippen LogP contribution in [0.3, 0.4) is 0 Å². The van der Waals surface area contributed by atoms with Gasteiger partial charge in [0.2, 0.25) is 0 Å². The van der Waals surface area contributed by atoms with Crippen LogP contribution in [0.5, 0.6) is 5.75 Å². The maximum Gasteiger partial charge on any atom is 0.387 e. The minimum Gasteiger partial charge on any atom is -0.435 e. The van der Waals surface area contributed by atoms with Crippen LogP contribution in [0.2, 0.25) is 0 Å². The molecule has 1 aliphatic rings. The maximum absolute atomic E-state index is 13.3. The number of ether oxygens (including phenoxy) is 1. The topological polar surface area (TPSA) is 66.4 Å². The molecule has 0 amide bonds. The van der Waals surface area contributed by atoms with Gasteiger partial charge in [0.15, 0.2) is 0 Å². The van der Waals surface area contributed by atoms with Crippen LogP contribution in [0.4, 0.5) is 13.2 Å². The van der Waals surface area contributed by atoms with Crippen molar-refractivity contribution in [3.8, 4) is 17.0 Å². The minimum absolute atomic E-state index is 0.173. The van der Waals surface area contributed by atoms with Gasteiger partial charge in [0.25, 0.3) is 0 Å². The van der Waals surface area contributed by atoms with Gasteiger partial charge in [-0.05, 0) is 131 Å². The highest BCUT2D eigenvalue weighted by atomic mass is 19.3. The zero-order valence-electron chi connectivity index (χ0n) is 33.2. The summed E-state index contributed by atoms with van der Waals surface area (Å²) in [6.07, 6.45) is 10.8. The van der Waals surface area contributed by atoms with Crippen molar-refractivity contribution in [2.75, 3.05) is 27.2 Å². The van der Waals surface area contributed by atoms with Gasteiger partial charge < -0.3 is 20.5 Å². The van der Waals surface area contributed by atoms with Gasteiger partial charge >= 0.3 is 6.61 Å². The van der Waals surface area contributed by atoms with Crippen molar-refractivity contribution >= 4 is 5.70 Å². The second kappa shape index (κ2) is 30.5. The predicted octanol–water partition coefficient (Wildman–Crippen LogP) is 11.5. The number of aryl methyl sites for hydroxylation is 2. The first-order valence-corrected chi connectivity index (χ1v) is 18.3. The molecule has 0 aliphatic heterocycles. The van der Waals surface area contributed by atoms with Crippen molar-refractivity contribution in [1.82, 2.24) is 15.6 Å². The lowest BCUT2D eigenvalue weighted by Gasteiger charge is -2.15. The fourth-order valence-corrected chi connectivity index (χ4v) is 4.17. The normalized spacial score (nSPS) is 11.5. The lowest BCUT2D eigenvalue weighted by atomic mass is 10.0. The SMILES string of the molecule is CC.CC=C(NCCc1cc(C)c(C)c(-c2ccc(F)cc2)n1)c1ccc(OC(F)F)c(C)c1.CCCC.CCCC.CNCC1CC1.CO. The number of hydrogen-bond donors (Lipinski definition) is 3. The summed E-state index contributed by atoms with van der Waals surface area (Å²) >= 11 is 0. The molecule has 0 spiro atoms. The molecule has 284 valence electrons. The second-order valence-electron chi connectivity index (χ2n) is 11.6. The number of hydrogen-bond acceptors (Lipinski definition) is 5. The number of benzene rings is 2. The number of pyridine rings is 1. The number of unbranched alkanes of at least 4 members (excludes halogenated alkanes) is 2. The van der Waals surface area contributed by atoms with E-state index in [4.69, 9.17) is 10.1 Å². The quantitative estimate of drug-likeness (QED) is 0.175. The number of aliphatic hydroxyl groups is 1. The first-order valence-electron chi connectivity index (χ1n) is 18.3. The number of nitrogens with one attached hydrogen (secondary N) is 2. The van der Waals surface area contributed by atoms with Crippen LogP contribution in [0.15, 0.2) is 54.6 Å². The molecule has 1 aliphatic carbocycles. The van der Waals surface area contributed by atoms with E-state index in [1.54, 1.807) is 31.2 Å². The lowest BCUT2D eigenvalue weighted by molar-refractivity contribution is -0.0503. The van der Waals surface area contributed by atoms with Gasteiger partial charge in [0, 0.05) is 37.0 Å². The van der Waals surface area contributed by atoms with E-state index in [9.17, 15) is 13.2 Å². The smallest absolute Gasteiger partial charge is 0.387 e. The summed E-state index contributed by atoms with van der Waals surface area (Å²) in [7, 11) is 3.01. The molecule has 0 radical (unpaired) electrons. The number of halogens is 3. The average Bonchev–Trinajstić information content (AvgIpc) is 3.96. The Bertz CT molecular complexity index is 1290. The molecular weight excluding hydrogens is 635 g/mol. The Hall–Kier alpha value is -3.36. The highest BCUT2D eigenvalue weighted by molar-refractivity contribution is 5.66. The van der Waals surface area contributed by atoms with E-state index in [0.717, 1.165) is 52.4 Å². The van der Waals surface area contributed by atoms with Crippen LogP contribution in [0.1, 0.15) is 115 Å². The van der Waals surface area contributed by atoms with Crippen LogP contribution >= 0.6 is 0 Å². The number of allylic oxidation sites excluding steroid dienone is 1. The molecule has 4 rings (SSSR count). The predicted molar refractivity (Wildman–Crippen MR) is 210 cm³/mol. The zero-order valence-corrected chi connectivity index (χ0v) is 33.2. The third-order valence-corrected chi connectivity index (χ3v) is 7.58. The second-order valence-corrected chi connectivity index (χ2v) is 11.6. The van der Waals surface area contributed by atoms with E-state index in [-0.39, 0.29) is 11.6 Å². The van der Waals surface area contributed by atoms with Gasteiger partial charge in [-0.2, -0.15) is 8.78 Å². The van der Waals surface area contributed by atoms with Gasteiger partial charge in [-0.3, -0.25) is 4.98 Å². The summed E-state index contributed by atoms with van der Waals surface area (Å²) in [4.78, 5) is 4.81. The summed E-state index contributed by atoms with van der Waals surface area (Å²) in [6, 6.07) is 13.6. The van der Waals surface area contributed by atoms with Gasteiger partial charge in [0.05, 0.1) is 5.69 Å². The summed E-state index contributed by atoms with van der Waals surface area (Å²) in [6.45, 7) is 19.5. The van der Waals surface area contributed by atoms with Gasteiger partial charge in [0.1, 0.15) is 11.6 Å². The van der Waals surface area contributed by atoms with Gasteiger partial charge in [-0.15, -0.1) is 0 Å². The van der Waals surface area contributed by atoms with Crippen molar-refractivity contribution in [1.29, 1.82) is 0 Å². The highest BCUT2D eigenvalue weighted by Crippen LogP contribution is 2.27. The van der Waals surface area contributed by atoms with Gasteiger partial charge in [-0.1, -0.05) is 73.3 Å². The fraction of sp³-hybridized carbons (Fsp3) is 0.548. The van der Waals surface area contributed by atoms with Gasteiger partial charge in [-0.25, -0.2) is 4.39 Å². The number of rotatable bonds is 12. The van der Waals surface area contributed by atoms with E-state index >= 15 is 0 Å². The van der Waals surface area contributed by atoms with E-state index < -0.39 is 6.61 Å². The third-order valence-electron chi connectivity index (χ3n) is 7.58. The molecule has 0 bridgehead atoms. The largest absolute Gasteiger partial charge is 0.435 e. The fourth-order valence-electron chi connectivity index (χ4n) is 4.17. The van der Waals surface area contributed by atoms with Crippen molar-refractivity contribution < 1.29 is 23.0 Å². The lowest BCUT2D eigenvalue weighted by Crippen LogP contribution is -2.17. The minimum atomic E-state index is -2.84. The molecule has 3 N–H and O–H groups in total. The Morgan fingerprint density at radius 3 is 1.88 bits per heavy atom. The Morgan fingerprint density at radius 1 is 0.900 bits per heavy atom. The molecule has 3 aromatic rings. The van der Waals surface area contributed by atoms with Crippen LogP contribution in [0, 0.1) is 32.5 Å². The summed E-state index contributed by atoms with van der Waals surface area (Å²) in [5.74, 6) is 0.938. The van der Waals surface area contributed by atoms with Crippen molar-refractivity contribution in [2.24, 2.45) is 5.92 Å². The number of aliphatic hydroxyl groups excluding tert-OH is 1. The number of alkyl halides is 2. The Kier molecular flexibility index (Phi) is 29.7. The molecular formula is C42H68F3N3O2. The molecule has 0 unspecified atom stereocenters. The van der Waals surface area contributed by atoms with Crippen LogP contribution in [-0.2, 0) is 6.42 Å². The molecule has 2 aromatic carbocycles. The molecule has 0 atom stereocenters.